The molecule has 0 spiro atoms. The maximum absolute atomic E-state index is 13.4. The van der Waals surface area contributed by atoms with Gasteiger partial charge in [-0.15, -0.1) is 0 Å². The van der Waals surface area contributed by atoms with E-state index in [9.17, 15) is 9.59 Å². The number of carbonyl (C=O) groups excluding carboxylic acids is 2. The van der Waals surface area contributed by atoms with Gasteiger partial charge < -0.3 is 9.64 Å². The zero-order chi connectivity index (χ0) is 21.6. The molecule has 0 unspecified atom stereocenters. The molecule has 0 bridgehead atoms. The van der Waals surface area contributed by atoms with Gasteiger partial charge in [0.15, 0.2) is 0 Å². The SMILES string of the molecule is C[C@@H](C(=O)OCc1ccccc1)N1Cc2ccccc2N=C(Cc2ccccc2)C1=O. The van der Waals surface area contributed by atoms with Gasteiger partial charge in [-0.25, -0.2) is 9.79 Å². The summed E-state index contributed by atoms with van der Waals surface area (Å²) >= 11 is 0. The number of amides is 1. The van der Waals surface area contributed by atoms with Crippen LogP contribution in [0.3, 0.4) is 0 Å². The van der Waals surface area contributed by atoms with Crippen molar-refractivity contribution in [3.05, 3.63) is 102 Å². The highest BCUT2D eigenvalue weighted by Crippen LogP contribution is 2.26. The Hall–Kier alpha value is -3.73. The van der Waals surface area contributed by atoms with Crippen molar-refractivity contribution >= 4 is 23.3 Å². The summed E-state index contributed by atoms with van der Waals surface area (Å²) in [6.45, 7) is 2.19. The molecule has 3 aromatic carbocycles. The molecule has 0 radical (unpaired) electrons. The van der Waals surface area contributed by atoms with E-state index in [4.69, 9.17) is 4.74 Å². The number of aliphatic imine (C=N–C) groups is 1. The third kappa shape index (κ3) is 4.89. The first-order chi connectivity index (χ1) is 15.1. The predicted octanol–water partition coefficient (Wildman–Crippen LogP) is 4.48. The normalized spacial score (nSPS) is 14.3. The van der Waals surface area contributed by atoms with Crippen molar-refractivity contribution in [3.8, 4) is 0 Å². The van der Waals surface area contributed by atoms with Crippen LogP contribution < -0.4 is 0 Å². The molecule has 0 fully saturated rings. The average molecular weight is 412 g/mol. The van der Waals surface area contributed by atoms with Gasteiger partial charge in [-0.1, -0.05) is 78.9 Å². The first-order valence-electron chi connectivity index (χ1n) is 10.3. The fourth-order valence-electron chi connectivity index (χ4n) is 3.56. The third-order valence-corrected chi connectivity index (χ3v) is 5.34. The van der Waals surface area contributed by atoms with Crippen LogP contribution in [0.5, 0.6) is 0 Å². The Morgan fingerprint density at radius 1 is 0.935 bits per heavy atom. The van der Waals surface area contributed by atoms with Gasteiger partial charge in [-0.05, 0) is 29.7 Å². The number of esters is 1. The molecular formula is C26H24N2O3. The van der Waals surface area contributed by atoms with E-state index in [-0.39, 0.29) is 12.5 Å². The van der Waals surface area contributed by atoms with E-state index < -0.39 is 12.0 Å². The lowest BCUT2D eigenvalue weighted by atomic mass is 10.1. The molecule has 0 saturated carbocycles. The highest BCUT2D eigenvalue weighted by atomic mass is 16.5. The summed E-state index contributed by atoms with van der Waals surface area (Å²) in [5, 5.41) is 0. The Kier molecular flexibility index (Phi) is 6.22. The molecule has 5 heteroatoms. The molecule has 0 saturated heterocycles. The number of nitrogens with zero attached hydrogens (tertiary/aromatic N) is 2. The first-order valence-corrected chi connectivity index (χ1v) is 10.3. The highest BCUT2D eigenvalue weighted by Gasteiger charge is 2.32. The number of fused-ring (bicyclic) bond motifs is 1. The van der Waals surface area contributed by atoms with Gasteiger partial charge in [0, 0.05) is 13.0 Å². The lowest BCUT2D eigenvalue weighted by molar-refractivity contribution is -0.154. The fourth-order valence-corrected chi connectivity index (χ4v) is 3.56. The summed E-state index contributed by atoms with van der Waals surface area (Å²) < 4.78 is 5.50. The quantitative estimate of drug-likeness (QED) is 0.561. The monoisotopic (exact) mass is 412 g/mol. The summed E-state index contributed by atoms with van der Waals surface area (Å²) in [5.74, 6) is -0.681. The van der Waals surface area contributed by atoms with Crippen LogP contribution in [-0.2, 0) is 33.9 Å². The molecule has 0 aliphatic carbocycles. The van der Waals surface area contributed by atoms with Crippen molar-refractivity contribution in [2.75, 3.05) is 0 Å². The maximum Gasteiger partial charge on any atom is 0.328 e. The number of rotatable bonds is 6. The second-order valence-electron chi connectivity index (χ2n) is 7.55. The molecule has 156 valence electrons. The summed E-state index contributed by atoms with van der Waals surface area (Å²) in [6, 6.07) is 26.2. The molecule has 1 amide bonds. The number of hydrogen-bond acceptors (Lipinski definition) is 4. The number of ether oxygens (including phenoxy) is 1. The Balaban J connectivity index is 1.57. The molecule has 4 rings (SSSR count). The Bertz CT molecular complexity index is 1090. The minimum Gasteiger partial charge on any atom is -0.459 e. The molecule has 1 aliphatic heterocycles. The molecule has 31 heavy (non-hydrogen) atoms. The topological polar surface area (TPSA) is 59.0 Å². The van der Waals surface area contributed by atoms with E-state index in [1.165, 1.54) is 0 Å². The standard InChI is InChI=1S/C26H24N2O3/c1-19(26(30)31-18-21-12-6-3-7-13-21)28-17-22-14-8-9-15-23(22)27-24(25(28)29)16-20-10-4-2-5-11-20/h2-15,19H,16-18H2,1H3/t19-/m0/s1. The summed E-state index contributed by atoms with van der Waals surface area (Å²) in [7, 11) is 0. The van der Waals surface area contributed by atoms with Crippen molar-refractivity contribution in [3.63, 3.8) is 0 Å². The van der Waals surface area contributed by atoms with Crippen molar-refractivity contribution in [2.45, 2.75) is 32.5 Å². The molecular weight excluding hydrogens is 388 g/mol. The van der Waals surface area contributed by atoms with Crippen LogP contribution >= 0.6 is 0 Å². The van der Waals surface area contributed by atoms with Gasteiger partial charge in [0.1, 0.15) is 18.4 Å². The van der Waals surface area contributed by atoms with Crippen LogP contribution in [0.4, 0.5) is 5.69 Å². The zero-order valence-corrected chi connectivity index (χ0v) is 17.4. The fraction of sp³-hybridized carbons (Fsp3) is 0.192. The van der Waals surface area contributed by atoms with E-state index in [0.717, 1.165) is 22.4 Å². The van der Waals surface area contributed by atoms with Gasteiger partial charge in [-0.3, -0.25) is 4.79 Å². The maximum atomic E-state index is 13.4. The van der Waals surface area contributed by atoms with Crippen LogP contribution in [0.25, 0.3) is 0 Å². The zero-order valence-electron chi connectivity index (χ0n) is 17.4. The van der Waals surface area contributed by atoms with Crippen molar-refractivity contribution in [1.82, 2.24) is 4.90 Å². The van der Waals surface area contributed by atoms with Crippen molar-refractivity contribution < 1.29 is 14.3 Å². The van der Waals surface area contributed by atoms with Crippen molar-refractivity contribution in [2.24, 2.45) is 4.99 Å². The lowest BCUT2D eigenvalue weighted by Crippen LogP contribution is -2.46. The molecule has 1 heterocycles. The largest absolute Gasteiger partial charge is 0.459 e. The van der Waals surface area contributed by atoms with E-state index in [1.54, 1.807) is 11.8 Å². The number of benzene rings is 3. The average Bonchev–Trinajstić information content (AvgIpc) is 2.95. The molecule has 0 aromatic heterocycles. The van der Waals surface area contributed by atoms with Crippen molar-refractivity contribution in [1.29, 1.82) is 0 Å². The van der Waals surface area contributed by atoms with Crippen LogP contribution in [0.1, 0.15) is 23.6 Å². The molecule has 1 aliphatic rings. The van der Waals surface area contributed by atoms with Gasteiger partial charge in [0.2, 0.25) is 0 Å². The minimum atomic E-state index is -0.733. The summed E-state index contributed by atoms with van der Waals surface area (Å²) in [6.07, 6.45) is 0.399. The van der Waals surface area contributed by atoms with E-state index >= 15 is 0 Å². The number of carbonyl (C=O) groups is 2. The molecule has 3 aromatic rings. The smallest absolute Gasteiger partial charge is 0.328 e. The van der Waals surface area contributed by atoms with Crippen LogP contribution in [0.15, 0.2) is 89.9 Å². The van der Waals surface area contributed by atoms with Gasteiger partial charge >= 0.3 is 5.97 Å². The number of hydrogen-bond donors (Lipinski definition) is 0. The van der Waals surface area contributed by atoms with Gasteiger partial charge in [0.05, 0.1) is 5.69 Å². The van der Waals surface area contributed by atoms with E-state index in [1.807, 2.05) is 84.9 Å². The summed E-state index contributed by atoms with van der Waals surface area (Å²) in [4.78, 5) is 32.5. The minimum absolute atomic E-state index is 0.174. The first kappa shape index (κ1) is 20.5. The molecule has 1 atom stereocenters. The molecule has 5 nitrogen and oxygen atoms in total. The Morgan fingerprint density at radius 2 is 1.55 bits per heavy atom. The third-order valence-electron chi connectivity index (χ3n) is 5.34. The van der Waals surface area contributed by atoms with Crippen LogP contribution in [0, 0.1) is 0 Å². The van der Waals surface area contributed by atoms with E-state index in [0.29, 0.717) is 18.7 Å². The van der Waals surface area contributed by atoms with Gasteiger partial charge in [0.25, 0.3) is 5.91 Å². The second kappa shape index (κ2) is 9.39. The summed E-state index contributed by atoms with van der Waals surface area (Å²) in [5.41, 5.74) is 3.98. The molecule has 0 N–H and O–H groups in total. The van der Waals surface area contributed by atoms with Gasteiger partial charge in [-0.2, -0.15) is 0 Å². The predicted molar refractivity (Wildman–Crippen MR) is 120 cm³/mol. The second-order valence-corrected chi connectivity index (χ2v) is 7.55. The highest BCUT2D eigenvalue weighted by molar-refractivity contribution is 6.40. The van der Waals surface area contributed by atoms with Crippen LogP contribution in [-0.4, -0.2) is 28.5 Å². The lowest BCUT2D eigenvalue weighted by Gasteiger charge is -2.27. The van der Waals surface area contributed by atoms with Crippen LogP contribution in [0.2, 0.25) is 0 Å². The number of para-hydroxylation sites is 1. The van der Waals surface area contributed by atoms with E-state index in [2.05, 4.69) is 4.99 Å². The Labute approximate surface area is 182 Å². The Morgan fingerprint density at radius 3 is 2.26 bits per heavy atom.